The zero-order valence-electron chi connectivity index (χ0n) is 22.1. The van der Waals surface area contributed by atoms with Crippen molar-refractivity contribution in [3.63, 3.8) is 0 Å². The maximum Gasteiger partial charge on any atom is 0.152 e. The molecule has 0 aliphatic heterocycles. The van der Waals surface area contributed by atoms with Gasteiger partial charge < -0.3 is 13.7 Å². The maximum absolute atomic E-state index is 12.3. The fraction of sp³-hybridized carbons (Fsp3) is 0.182. The van der Waals surface area contributed by atoms with Crippen LogP contribution in [0.4, 0.5) is 0 Å². The van der Waals surface area contributed by atoms with Gasteiger partial charge in [0.25, 0.3) is 0 Å². The Kier molecular flexibility index (Phi) is 5.04. The normalized spacial score (nSPS) is 12.1. The minimum atomic E-state index is 0.646. The Hall–Kier alpha value is -4.71. The van der Waals surface area contributed by atoms with E-state index in [2.05, 4.69) is 52.7 Å². The van der Waals surface area contributed by atoms with Gasteiger partial charge in [-0.3, -0.25) is 14.4 Å². The Bertz CT molecular complexity index is 2190. The van der Waals surface area contributed by atoms with E-state index in [0.717, 1.165) is 84.3 Å². The number of nitrogens with zero attached hydrogens (tertiary/aromatic N) is 3. The highest BCUT2D eigenvalue weighted by Gasteiger charge is 2.28. The summed E-state index contributed by atoms with van der Waals surface area (Å²) >= 11 is 0. The average molecular weight is 514 g/mol. The van der Waals surface area contributed by atoms with Crippen LogP contribution in [0, 0.1) is 0 Å². The molecule has 0 radical (unpaired) electrons. The van der Waals surface area contributed by atoms with E-state index in [0.29, 0.717) is 36.3 Å². The molecule has 4 aromatic carbocycles. The van der Waals surface area contributed by atoms with Gasteiger partial charge >= 0.3 is 0 Å². The van der Waals surface area contributed by atoms with Crippen molar-refractivity contribution in [1.29, 1.82) is 0 Å². The predicted molar refractivity (Wildman–Crippen MR) is 159 cm³/mol. The zero-order chi connectivity index (χ0) is 27.0. The molecule has 0 aliphatic carbocycles. The van der Waals surface area contributed by atoms with Crippen molar-refractivity contribution in [2.45, 2.75) is 40.4 Å². The fourth-order valence-corrected chi connectivity index (χ4v) is 7.05. The van der Waals surface area contributed by atoms with Crippen LogP contribution in [0.2, 0.25) is 0 Å². The Morgan fingerprint density at radius 1 is 0.462 bits per heavy atom. The van der Waals surface area contributed by atoms with Crippen LogP contribution in [0.15, 0.2) is 54.6 Å². The van der Waals surface area contributed by atoms with Gasteiger partial charge in [-0.25, -0.2) is 0 Å². The van der Waals surface area contributed by atoms with Gasteiger partial charge in [-0.1, -0.05) is 36.4 Å². The van der Waals surface area contributed by atoms with E-state index in [1.54, 1.807) is 0 Å². The lowest BCUT2D eigenvalue weighted by Crippen LogP contribution is -2.01. The minimum Gasteiger partial charge on any atom is -0.340 e. The van der Waals surface area contributed by atoms with Crippen molar-refractivity contribution in [1.82, 2.24) is 13.7 Å². The molecule has 0 unspecified atom stereocenters. The van der Waals surface area contributed by atoms with Gasteiger partial charge in [0.1, 0.15) is 0 Å². The summed E-state index contributed by atoms with van der Waals surface area (Å²) in [7, 11) is 0. The third-order valence-corrected chi connectivity index (χ3v) is 8.38. The molecule has 7 rings (SSSR count). The predicted octanol–water partition coefficient (Wildman–Crippen LogP) is 7.51. The van der Waals surface area contributed by atoms with E-state index < -0.39 is 0 Å². The van der Waals surface area contributed by atoms with Gasteiger partial charge in [-0.05, 0) is 39.0 Å². The van der Waals surface area contributed by atoms with E-state index in [-0.39, 0.29) is 0 Å². The second-order valence-electron chi connectivity index (χ2n) is 9.99. The molecular weight excluding hydrogens is 486 g/mol. The molecule has 0 bridgehead atoms. The van der Waals surface area contributed by atoms with Crippen LogP contribution in [-0.2, 0) is 19.6 Å². The van der Waals surface area contributed by atoms with Gasteiger partial charge in [0.2, 0.25) is 0 Å². The van der Waals surface area contributed by atoms with Gasteiger partial charge in [-0.2, -0.15) is 0 Å². The summed E-state index contributed by atoms with van der Waals surface area (Å²) in [5.41, 5.74) is 7.81. The topological polar surface area (TPSA) is 66.0 Å². The first-order valence-corrected chi connectivity index (χ1v) is 13.5. The molecular formula is C33H27N3O3. The van der Waals surface area contributed by atoms with Gasteiger partial charge in [0.05, 0.1) is 33.1 Å². The number of carbonyl (C=O) groups excluding carboxylic acids is 3. The zero-order valence-corrected chi connectivity index (χ0v) is 22.1. The Balaban J connectivity index is 2.01. The molecule has 0 N–H and O–H groups in total. The lowest BCUT2D eigenvalue weighted by molar-refractivity contribution is 0.111. The van der Waals surface area contributed by atoms with E-state index in [4.69, 9.17) is 0 Å². The van der Waals surface area contributed by atoms with E-state index in [1.807, 2.05) is 36.4 Å². The highest BCUT2D eigenvalue weighted by Crippen LogP contribution is 2.48. The lowest BCUT2D eigenvalue weighted by Gasteiger charge is -2.12. The third kappa shape index (κ3) is 2.73. The molecule has 6 heteroatoms. The van der Waals surface area contributed by atoms with Crippen LogP contribution in [0.25, 0.3) is 65.4 Å². The number of aryl methyl sites for hydroxylation is 3. The molecule has 0 aliphatic rings. The molecule has 0 amide bonds. The molecule has 39 heavy (non-hydrogen) atoms. The molecule has 6 nitrogen and oxygen atoms in total. The summed E-state index contributed by atoms with van der Waals surface area (Å²) in [6, 6.07) is 17.7. The Labute approximate surface area is 224 Å². The van der Waals surface area contributed by atoms with Crippen molar-refractivity contribution in [3.8, 4) is 0 Å². The summed E-state index contributed by atoms with van der Waals surface area (Å²) in [4.78, 5) is 36.9. The molecule has 0 fully saturated rings. The fourth-order valence-electron chi connectivity index (χ4n) is 7.05. The maximum atomic E-state index is 12.3. The summed E-state index contributed by atoms with van der Waals surface area (Å²) in [6.07, 6.45) is 2.80. The Morgan fingerprint density at radius 2 is 0.795 bits per heavy atom. The van der Waals surface area contributed by atoms with Crippen molar-refractivity contribution in [2.75, 3.05) is 0 Å². The van der Waals surface area contributed by atoms with Gasteiger partial charge in [0, 0.05) is 68.6 Å². The van der Waals surface area contributed by atoms with Crippen molar-refractivity contribution < 1.29 is 14.4 Å². The number of rotatable bonds is 6. The number of fused-ring (bicyclic) bond motifs is 12. The highest BCUT2D eigenvalue weighted by molar-refractivity contribution is 6.41. The Morgan fingerprint density at radius 3 is 1.18 bits per heavy atom. The smallest absolute Gasteiger partial charge is 0.152 e. The first kappa shape index (κ1) is 23.4. The standard InChI is InChI=1S/C33H27N3O3/c1-4-34-28-19(16-37)10-7-13-22(28)25-26-23-14-8-11-20(17-38)29(23)35(5-2)32(26)33-27(31(25)34)24-15-9-12-21(18-39)30(24)36(33)6-3/h7-18H,4-6H2,1-3H3. The molecule has 3 aromatic heterocycles. The van der Waals surface area contributed by atoms with Crippen LogP contribution in [-0.4, -0.2) is 32.6 Å². The highest BCUT2D eigenvalue weighted by atomic mass is 16.1. The summed E-state index contributed by atoms with van der Waals surface area (Å²) < 4.78 is 6.75. The van der Waals surface area contributed by atoms with Crippen LogP contribution in [0.3, 0.4) is 0 Å². The number of benzene rings is 4. The quantitative estimate of drug-likeness (QED) is 0.216. The molecule has 0 saturated carbocycles. The number of hydrogen-bond acceptors (Lipinski definition) is 3. The third-order valence-electron chi connectivity index (χ3n) is 8.38. The number of aldehydes is 3. The van der Waals surface area contributed by atoms with Crippen LogP contribution in [0.1, 0.15) is 51.8 Å². The second-order valence-corrected chi connectivity index (χ2v) is 9.99. The first-order valence-electron chi connectivity index (χ1n) is 13.5. The lowest BCUT2D eigenvalue weighted by atomic mass is 10.00. The van der Waals surface area contributed by atoms with Crippen LogP contribution in [0.5, 0.6) is 0 Å². The van der Waals surface area contributed by atoms with E-state index >= 15 is 0 Å². The summed E-state index contributed by atoms with van der Waals surface area (Å²) in [6.45, 7) is 8.32. The van der Waals surface area contributed by atoms with Crippen molar-refractivity contribution in [3.05, 3.63) is 71.3 Å². The van der Waals surface area contributed by atoms with E-state index in [1.165, 1.54) is 0 Å². The number of para-hydroxylation sites is 3. The molecule has 0 spiro atoms. The van der Waals surface area contributed by atoms with Crippen molar-refractivity contribution >= 4 is 84.3 Å². The van der Waals surface area contributed by atoms with Crippen LogP contribution >= 0.6 is 0 Å². The molecule has 3 heterocycles. The molecule has 0 atom stereocenters. The molecule has 0 saturated heterocycles. The second kappa shape index (κ2) is 8.40. The molecule has 7 aromatic rings. The summed E-state index contributed by atoms with van der Waals surface area (Å²) in [5, 5.41) is 6.25. The number of carbonyl (C=O) groups is 3. The monoisotopic (exact) mass is 513 g/mol. The number of hydrogen-bond donors (Lipinski definition) is 0. The SMILES string of the molecule is CCn1c2c(C=O)cccc2c2c3c4cccc(C=O)c4n(CC)c3c3c(c4cccc(C=O)c4n3CC)c21. The van der Waals surface area contributed by atoms with E-state index in [9.17, 15) is 14.4 Å². The largest absolute Gasteiger partial charge is 0.340 e. The molecule has 192 valence electrons. The number of aromatic nitrogens is 3. The van der Waals surface area contributed by atoms with Gasteiger partial charge in [-0.15, -0.1) is 0 Å². The minimum absolute atomic E-state index is 0.646. The average Bonchev–Trinajstić information content (AvgIpc) is 3.61. The first-order chi connectivity index (χ1) is 19.1. The summed E-state index contributed by atoms with van der Waals surface area (Å²) in [5.74, 6) is 0. The van der Waals surface area contributed by atoms with Crippen molar-refractivity contribution in [2.24, 2.45) is 0 Å². The van der Waals surface area contributed by atoms with Gasteiger partial charge in [0.15, 0.2) is 18.9 Å². The van der Waals surface area contributed by atoms with Crippen LogP contribution < -0.4 is 0 Å².